The molecule has 6 nitrogen and oxygen atoms in total. The number of carbonyl (C=O) groups excluding carboxylic acids is 1. The lowest BCUT2D eigenvalue weighted by atomic mass is 10.0. The lowest BCUT2D eigenvalue weighted by Gasteiger charge is -2.11. The van der Waals surface area contributed by atoms with Crippen LogP contribution in [0, 0.1) is 0 Å². The van der Waals surface area contributed by atoms with Crippen LogP contribution >= 0.6 is 24.0 Å². The van der Waals surface area contributed by atoms with Crippen molar-refractivity contribution in [3.63, 3.8) is 0 Å². The first-order chi connectivity index (χ1) is 10.5. The number of nitrogens with one attached hydrogen (secondary N) is 1. The molecule has 7 heteroatoms. The molecule has 1 aliphatic heterocycles. The van der Waals surface area contributed by atoms with E-state index in [9.17, 15) is 4.79 Å². The van der Waals surface area contributed by atoms with Gasteiger partial charge < -0.3 is 21.5 Å². The highest BCUT2D eigenvalue weighted by Gasteiger charge is 2.28. The average molecular weight is 432 g/mol. The Kier molecular flexibility index (Phi) is 7.77. The van der Waals surface area contributed by atoms with E-state index in [4.69, 9.17) is 16.2 Å². The normalized spacial score (nSPS) is 21.1. The molecule has 0 bridgehead atoms. The molecule has 2 unspecified atom stereocenters. The molecule has 0 aromatic heterocycles. The number of amides is 1. The number of carbonyl (C=O) groups is 1. The minimum absolute atomic E-state index is 0. The van der Waals surface area contributed by atoms with E-state index < -0.39 is 12.0 Å². The molecule has 128 valence electrons. The fourth-order valence-corrected chi connectivity index (χ4v) is 2.41. The Balaban J connectivity index is 0.00000264. The van der Waals surface area contributed by atoms with Crippen LogP contribution in [0.1, 0.15) is 38.2 Å². The number of nitrogens with two attached hydrogens (primary N) is 2. The molecule has 1 amide bonds. The summed E-state index contributed by atoms with van der Waals surface area (Å²) in [5.74, 6) is 0.382. The number of rotatable bonds is 5. The van der Waals surface area contributed by atoms with Crippen LogP contribution in [0.25, 0.3) is 0 Å². The van der Waals surface area contributed by atoms with Crippen LogP contribution in [0.5, 0.6) is 0 Å². The molecule has 2 atom stereocenters. The molecule has 23 heavy (non-hydrogen) atoms. The standard InChI is InChI=1S/C16H24N4O2.HI/c1-10(2)11-4-3-5-12(8-11)20-16(18)19-9-13-6-7-14(22-13)15(17)21;/h3-5,8,10,13-14H,6-7,9H2,1-2H3,(H2,17,21)(H3,18,19,20);1H. The highest BCUT2D eigenvalue weighted by Crippen LogP contribution is 2.20. The molecule has 1 heterocycles. The van der Waals surface area contributed by atoms with Gasteiger partial charge in [0.05, 0.1) is 12.6 Å². The predicted molar refractivity (Wildman–Crippen MR) is 103 cm³/mol. The fraction of sp³-hybridized carbons (Fsp3) is 0.500. The van der Waals surface area contributed by atoms with Crippen LogP contribution in [-0.2, 0) is 9.53 Å². The minimum Gasteiger partial charge on any atom is -0.370 e. The highest BCUT2D eigenvalue weighted by atomic mass is 127. The van der Waals surface area contributed by atoms with Crippen LogP contribution < -0.4 is 16.8 Å². The van der Waals surface area contributed by atoms with E-state index in [1.54, 1.807) is 0 Å². The van der Waals surface area contributed by atoms with E-state index in [1.807, 2.05) is 12.1 Å². The molecule has 1 fully saturated rings. The molecule has 1 aromatic carbocycles. The Labute approximate surface area is 154 Å². The van der Waals surface area contributed by atoms with Crippen LogP contribution in [-0.4, -0.2) is 30.6 Å². The molecule has 1 aromatic rings. The quantitative estimate of drug-likeness (QED) is 0.377. The van der Waals surface area contributed by atoms with Crippen molar-refractivity contribution in [2.75, 3.05) is 11.9 Å². The largest absolute Gasteiger partial charge is 0.370 e. The molecule has 5 N–H and O–H groups in total. The Hall–Kier alpha value is -1.35. The number of aliphatic imine (C=N–C) groups is 1. The van der Waals surface area contributed by atoms with Crippen LogP contribution in [0.3, 0.4) is 0 Å². The van der Waals surface area contributed by atoms with Gasteiger partial charge in [-0.05, 0) is 36.5 Å². The first-order valence-corrected chi connectivity index (χ1v) is 7.57. The number of primary amides is 1. The molecule has 0 saturated carbocycles. The average Bonchev–Trinajstić information content (AvgIpc) is 2.94. The van der Waals surface area contributed by atoms with Crippen LogP contribution in [0.4, 0.5) is 5.69 Å². The van der Waals surface area contributed by atoms with Crippen LogP contribution in [0.15, 0.2) is 29.3 Å². The summed E-state index contributed by atoms with van der Waals surface area (Å²) < 4.78 is 5.51. The third-order valence-electron chi connectivity index (χ3n) is 3.72. The minimum atomic E-state index is -0.489. The van der Waals surface area contributed by atoms with Gasteiger partial charge >= 0.3 is 0 Å². The Morgan fingerprint density at radius 3 is 2.74 bits per heavy atom. The van der Waals surface area contributed by atoms with E-state index in [0.717, 1.165) is 12.1 Å². The van der Waals surface area contributed by atoms with Gasteiger partial charge in [-0.2, -0.15) is 0 Å². The van der Waals surface area contributed by atoms with E-state index in [2.05, 4.69) is 36.3 Å². The van der Waals surface area contributed by atoms with Crippen molar-refractivity contribution in [2.24, 2.45) is 16.5 Å². The molecular weight excluding hydrogens is 407 g/mol. The molecule has 1 saturated heterocycles. The van der Waals surface area contributed by atoms with Crippen molar-refractivity contribution in [3.8, 4) is 0 Å². The summed E-state index contributed by atoms with van der Waals surface area (Å²) in [6.45, 7) is 4.71. The Morgan fingerprint density at radius 2 is 2.13 bits per heavy atom. The zero-order valence-corrected chi connectivity index (χ0v) is 15.8. The highest BCUT2D eigenvalue weighted by molar-refractivity contribution is 14.0. The van der Waals surface area contributed by atoms with E-state index in [0.29, 0.717) is 24.8 Å². The maximum Gasteiger partial charge on any atom is 0.246 e. The fourth-order valence-electron chi connectivity index (χ4n) is 2.41. The summed E-state index contributed by atoms with van der Waals surface area (Å²) >= 11 is 0. The molecule has 1 aliphatic rings. The predicted octanol–water partition coefficient (Wildman–Crippen LogP) is 2.19. The van der Waals surface area contributed by atoms with Crippen LogP contribution in [0.2, 0.25) is 0 Å². The second-order valence-corrected chi connectivity index (χ2v) is 5.86. The lowest BCUT2D eigenvalue weighted by Crippen LogP contribution is -2.29. The van der Waals surface area contributed by atoms with Gasteiger partial charge in [0.15, 0.2) is 5.96 Å². The first kappa shape index (κ1) is 19.7. The van der Waals surface area contributed by atoms with Gasteiger partial charge in [0.25, 0.3) is 0 Å². The second kappa shape index (κ2) is 9.07. The lowest BCUT2D eigenvalue weighted by molar-refractivity contribution is -0.128. The Bertz CT molecular complexity index is 563. The third kappa shape index (κ3) is 5.98. The second-order valence-electron chi connectivity index (χ2n) is 5.86. The molecule has 0 spiro atoms. The van der Waals surface area contributed by atoms with Gasteiger partial charge in [0.2, 0.25) is 5.91 Å². The smallest absolute Gasteiger partial charge is 0.246 e. The van der Waals surface area contributed by atoms with Crippen molar-refractivity contribution in [3.05, 3.63) is 29.8 Å². The van der Waals surface area contributed by atoms with Crippen molar-refractivity contribution in [1.29, 1.82) is 0 Å². The summed E-state index contributed by atoms with van der Waals surface area (Å²) in [5.41, 5.74) is 13.3. The molecular formula is C16H25IN4O2. The zero-order valence-electron chi connectivity index (χ0n) is 13.5. The summed E-state index contributed by atoms with van der Waals surface area (Å²) in [7, 11) is 0. The summed E-state index contributed by atoms with van der Waals surface area (Å²) in [4.78, 5) is 15.3. The maximum atomic E-state index is 11.0. The van der Waals surface area contributed by atoms with Crippen molar-refractivity contribution >= 4 is 41.5 Å². The number of halogens is 1. The van der Waals surface area contributed by atoms with E-state index in [1.165, 1.54) is 5.56 Å². The molecule has 2 rings (SSSR count). The topological polar surface area (TPSA) is 103 Å². The molecule has 0 aliphatic carbocycles. The molecule has 0 radical (unpaired) electrons. The SMILES string of the molecule is CC(C)c1cccc(NC(N)=NCC2CCC(C(N)=O)O2)c1.I. The number of benzene rings is 1. The number of hydrogen-bond acceptors (Lipinski definition) is 3. The van der Waals surface area contributed by atoms with Crippen molar-refractivity contribution in [1.82, 2.24) is 0 Å². The number of ether oxygens (including phenoxy) is 1. The van der Waals surface area contributed by atoms with Crippen molar-refractivity contribution < 1.29 is 9.53 Å². The van der Waals surface area contributed by atoms with Gasteiger partial charge in [-0.1, -0.05) is 26.0 Å². The maximum absolute atomic E-state index is 11.0. The first-order valence-electron chi connectivity index (χ1n) is 7.57. The number of nitrogens with zero attached hydrogens (tertiary/aromatic N) is 1. The third-order valence-corrected chi connectivity index (χ3v) is 3.72. The number of anilines is 1. The van der Waals surface area contributed by atoms with Gasteiger partial charge in [-0.25, -0.2) is 0 Å². The monoisotopic (exact) mass is 432 g/mol. The summed E-state index contributed by atoms with van der Waals surface area (Å²) in [6.07, 6.45) is 0.837. The van der Waals surface area contributed by atoms with Gasteiger partial charge in [0.1, 0.15) is 6.10 Å². The Morgan fingerprint density at radius 1 is 1.39 bits per heavy atom. The number of hydrogen-bond donors (Lipinski definition) is 3. The summed E-state index contributed by atoms with van der Waals surface area (Å²) in [6, 6.07) is 8.08. The number of guanidine groups is 1. The van der Waals surface area contributed by atoms with E-state index >= 15 is 0 Å². The van der Waals surface area contributed by atoms with Gasteiger partial charge in [-0.15, -0.1) is 24.0 Å². The van der Waals surface area contributed by atoms with E-state index in [-0.39, 0.29) is 30.1 Å². The zero-order chi connectivity index (χ0) is 16.1. The van der Waals surface area contributed by atoms with Gasteiger partial charge in [0, 0.05) is 5.69 Å². The van der Waals surface area contributed by atoms with Gasteiger partial charge in [-0.3, -0.25) is 9.79 Å². The van der Waals surface area contributed by atoms with Crippen molar-refractivity contribution in [2.45, 2.75) is 44.8 Å². The summed E-state index contributed by atoms with van der Waals surface area (Å²) in [5, 5.41) is 3.08.